The predicted molar refractivity (Wildman–Crippen MR) is 97.5 cm³/mol. The molecule has 0 aliphatic heterocycles. The van der Waals surface area contributed by atoms with E-state index in [4.69, 9.17) is 14.3 Å². The number of allylic oxidation sites excluding steroid dienone is 1. The smallest absolute Gasteiger partial charge is 0.371 e. The van der Waals surface area contributed by atoms with Gasteiger partial charge in [0.1, 0.15) is 11.5 Å². The molecule has 5 heteroatoms. The van der Waals surface area contributed by atoms with Crippen molar-refractivity contribution in [2.24, 2.45) is 0 Å². The molecule has 0 amide bonds. The van der Waals surface area contributed by atoms with Crippen LogP contribution < -0.4 is 4.74 Å². The van der Waals surface area contributed by atoms with E-state index in [1.54, 1.807) is 43.5 Å². The fourth-order valence-corrected chi connectivity index (χ4v) is 2.47. The van der Waals surface area contributed by atoms with Gasteiger partial charge in [-0.25, -0.2) is 4.79 Å². The van der Waals surface area contributed by atoms with Crippen LogP contribution in [-0.2, 0) is 0 Å². The van der Waals surface area contributed by atoms with E-state index >= 15 is 0 Å². The van der Waals surface area contributed by atoms with E-state index < -0.39 is 5.97 Å². The predicted octanol–water partition coefficient (Wildman–Crippen LogP) is 4.55. The molecule has 0 bridgehead atoms. The molecule has 0 fully saturated rings. The van der Waals surface area contributed by atoms with E-state index in [2.05, 4.69) is 0 Å². The van der Waals surface area contributed by atoms with Crippen LogP contribution in [0, 0.1) is 0 Å². The number of hydrogen-bond acceptors (Lipinski definition) is 4. The van der Waals surface area contributed by atoms with Gasteiger partial charge in [-0.1, -0.05) is 42.5 Å². The zero-order valence-corrected chi connectivity index (χ0v) is 14.0. The monoisotopic (exact) mass is 348 g/mol. The van der Waals surface area contributed by atoms with Crippen LogP contribution in [0.1, 0.15) is 26.5 Å². The minimum Gasteiger partial charge on any atom is -0.496 e. The van der Waals surface area contributed by atoms with Gasteiger partial charge in [0.15, 0.2) is 5.78 Å². The summed E-state index contributed by atoms with van der Waals surface area (Å²) in [5, 5.41) is 8.90. The van der Waals surface area contributed by atoms with Gasteiger partial charge in [0, 0.05) is 16.7 Å². The highest BCUT2D eigenvalue weighted by atomic mass is 16.5. The Kier molecular flexibility index (Phi) is 4.99. The van der Waals surface area contributed by atoms with E-state index in [9.17, 15) is 9.59 Å². The molecule has 130 valence electrons. The summed E-state index contributed by atoms with van der Waals surface area (Å²) in [6.07, 6.45) is 3.20. The van der Waals surface area contributed by atoms with Gasteiger partial charge < -0.3 is 14.3 Å². The Hall–Kier alpha value is -3.60. The van der Waals surface area contributed by atoms with Crippen LogP contribution in [0.15, 0.2) is 71.2 Å². The lowest BCUT2D eigenvalue weighted by Gasteiger charge is -2.03. The molecule has 0 unspecified atom stereocenters. The van der Waals surface area contributed by atoms with Crippen molar-refractivity contribution in [2.75, 3.05) is 7.11 Å². The van der Waals surface area contributed by atoms with E-state index in [0.717, 1.165) is 5.56 Å². The second-order valence-corrected chi connectivity index (χ2v) is 5.49. The third-order valence-corrected chi connectivity index (χ3v) is 3.82. The molecule has 1 aromatic heterocycles. The molecular weight excluding hydrogens is 332 g/mol. The number of carbonyl (C=O) groups is 2. The van der Waals surface area contributed by atoms with Crippen molar-refractivity contribution in [3.63, 3.8) is 0 Å². The molecule has 0 saturated heterocycles. The van der Waals surface area contributed by atoms with Crippen molar-refractivity contribution in [3.05, 3.63) is 83.6 Å². The van der Waals surface area contributed by atoms with Crippen molar-refractivity contribution in [2.45, 2.75) is 0 Å². The van der Waals surface area contributed by atoms with Gasteiger partial charge in [-0.3, -0.25) is 4.79 Å². The van der Waals surface area contributed by atoms with Crippen molar-refractivity contribution < 1.29 is 23.8 Å². The first-order valence-corrected chi connectivity index (χ1v) is 7.87. The molecule has 0 saturated carbocycles. The number of carbonyl (C=O) groups excluding carboxylic acids is 1. The summed E-state index contributed by atoms with van der Waals surface area (Å²) in [5.41, 5.74) is 2.03. The first-order chi connectivity index (χ1) is 12.6. The van der Waals surface area contributed by atoms with Gasteiger partial charge in [0.05, 0.1) is 7.11 Å². The fraction of sp³-hybridized carbons (Fsp3) is 0.0476. The van der Waals surface area contributed by atoms with Crippen LogP contribution in [0.4, 0.5) is 0 Å². The summed E-state index contributed by atoms with van der Waals surface area (Å²) >= 11 is 0. The lowest BCUT2D eigenvalue weighted by atomic mass is 10.1. The zero-order chi connectivity index (χ0) is 18.5. The summed E-state index contributed by atoms with van der Waals surface area (Å²) < 4.78 is 10.5. The Morgan fingerprint density at radius 1 is 1.00 bits per heavy atom. The summed E-state index contributed by atoms with van der Waals surface area (Å²) in [4.78, 5) is 23.2. The van der Waals surface area contributed by atoms with Gasteiger partial charge >= 0.3 is 5.97 Å². The summed E-state index contributed by atoms with van der Waals surface area (Å²) in [5.74, 6) is -0.262. The van der Waals surface area contributed by atoms with Gasteiger partial charge in [0.25, 0.3) is 0 Å². The Morgan fingerprint density at radius 3 is 2.38 bits per heavy atom. The van der Waals surface area contributed by atoms with Gasteiger partial charge in [0.2, 0.25) is 5.76 Å². The van der Waals surface area contributed by atoms with Gasteiger partial charge in [-0.2, -0.15) is 0 Å². The molecule has 1 N–H and O–H groups in total. The first-order valence-electron chi connectivity index (χ1n) is 7.87. The van der Waals surface area contributed by atoms with Crippen molar-refractivity contribution >= 4 is 17.8 Å². The van der Waals surface area contributed by atoms with Crippen LogP contribution >= 0.6 is 0 Å². The average Bonchev–Trinajstić information content (AvgIpc) is 3.17. The SMILES string of the molecule is COc1ccccc1/C=C/C(=O)c1ccc(-c2ccc(C(=O)O)o2)cc1. The number of ketones is 1. The summed E-state index contributed by atoms with van der Waals surface area (Å²) in [6.45, 7) is 0. The highest BCUT2D eigenvalue weighted by molar-refractivity contribution is 6.07. The quantitative estimate of drug-likeness (QED) is 0.522. The molecular formula is C21H16O5. The lowest BCUT2D eigenvalue weighted by Crippen LogP contribution is -1.94. The Morgan fingerprint density at radius 2 is 1.73 bits per heavy atom. The normalized spacial score (nSPS) is 10.8. The maximum atomic E-state index is 12.3. The highest BCUT2D eigenvalue weighted by Crippen LogP contribution is 2.23. The number of methoxy groups -OCH3 is 1. The van der Waals surface area contributed by atoms with E-state index in [1.807, 2.05) is 24.3 Å². The minimum atomic E-state index is -1.12. The van der Waals surface area contributed by atoms with Crippen LogP contribution in [0.25, 0.3) is 17.4 Å². The van der Waals surface area contributed by atoms with Crippen molar-refractivity contribution in [3.8, 4) is 17.1 Å². The summed E-state index contributed by atoms with van der Waals surface area (Å²) in [7, 11) is 1.58. The number of carboxylic acids is 1. The molecule has 3 rings (SSSR count). The Labute approximate surface area is 150 Å². The number of para-hydroxylation sites is 1. The molecule has 0 aliphatic rings. The average molecular weight is 348 g/mol. The second-order valence-electron chi connectivity index (χ2n) is 5.49. The van der Waals surface area contributed by atoms with Crippen molar-refractivity contribution in [1.82, 2.24) is 0 Å². The third kappa shape index (κ3) is 3.72. The number of carboxylic acid groups (broad SMARTS) is 1. The maximum Gasteiger partial charge on any atom is 0.371 e. The number of rotatable bonds is 6. The Bertz CT molecular complexity index is 964. The topological polar surface area (TPSA) is 76.7 Å². The van der Waals surface area contributed by atoms with Gasteiger partial charge in [-0.05, 0) is 30.4 Å². The fourth-order valence-electron chi connectivity index (χ4n) is 2.47. The number of ether oxygens (including phenoxy) is 1. The van der Waals surface area contributed by atoms with Crippen LogP contribution in [0.2, 0.25) is 0 Å². The zero-order valence-electron chi connectivity index (χ0n) is 14.0. The van der Waals surface area contributed by atoms with Crippen molar-refractivity contribution in [1.29, 1.82) is 0 Å². The lowest BCUT2D eigenvalue weighted by molar-refractivity contribution is 0.0663. The van der Waals surface area contributed by atoms with Crippen LogP contribution in [0.3, 0.4) is 0 Å². The van der Waals surface area contributed by atoms with E-state index in [-0.39, 0.29) is 11.5 Å². The van der Waals surface area contributed by atoms with Crippen LogP contribution in [0.5, 0.6) is 5.75 Å². The third-order valence-electron chi connectivity index (χ3n) is 3.82. The maximum absolute atomic E-state index is 12.3. The molecule has 0 aliphatic carbocycles. The molecule has 26 heavy (non-hydrogen) atoms. The molecule has 0 spiro atoms. The summed E-state index contributed by atoms with van der Waals surface area (Å²) in [6, 6.07) is 17.2. The molecule has 0 atom stereocenters. The second kappa shape index (κ2) is 7.53. The molecule has 5 nitrogen and oxygen atoms in total. The molecule has 1 heterocycles. The van der Waals surface area contributed by atoms with Gasteiger partial charge in [-0.15, -0.1) is 0 Å². The largest absolute Gasteiger partial charge is 0.496 e. The molecule has 3 aromatic rings. The number of aromatic carboxylic acids is 1. The standard InChI is InChI=1S/C21H16O5/c1-25-18-5-3-2-4-15(18)10-11-17(22)14-6-8-16(9-7-14)19-12-13-20(26-19)21(23)24/h2-13H,1H3,(H,23,24)/b11-10+. The molecule has 0 radical (unpaired) electrons. The highest BCUT2D eigenvalue weighted by Gasteiger charge is 2.11. The number of benzene rings is 2. The Balaban J connectivity index is 1.76. The van der Waals surface area contributed by atoms with E-state index in [1.165, 1.54) is 12.1 Å². The number of hydrogen-bond donors (Lipinski definition) is 1. The number of furan rings is 1. The minimum absolute atomic E-state index is 0.125. The van der Waals surface area contributed by atoms with E-state index in [0.29, 0.717) is 22.6 Å². The first kappa shape index (κ1) is 17.2. The van der Waals surface area contributed by atoms with Crippen LogP contribution in [-0.4, -0.2) is 24.0 Å². The molecule has 2 aromatic carbocycles.